The molecule has 0 saturated heterocycles. The largest absolute Gasteiger partial charge is 0.494 e. The predicted octanol–water partition coefficient (Wildman–Crippen LogP) is 4.12. The summed E-state index contributed by atoms with van der Waals surface area (Å²) >= 11 is 0. The maximum absolute atomic E-state index is 13.8. The molecule has 130 valence electrons. The van der Waals surface area contributed by atoms with Crippen molar-refractivity contribution in [1.82, 2.24) is 9.88 Å². The predicted molar refractivity (Wildman–Crippen MR) is 91.6 cm³/mol. The smallest absolute Gasteiger partial charge is 0.270 e. The van der Waals surface area contributed by atoms with Gasteiger partial charge in [0.1, 0.15) is 11.5 Å². The first kappa shape index (κ1) is 17.0. The molecule has 3 rings (SSSR count). The molecule has 0 aliphatic carbocycles. The second kappa shape index (κ2) is 6.93. The summed E-state index contributed by atoms with van der Waals surface area (Å²) in [6.45, 7) is 2.57. The molecular formula is C19H18F2N2O2. The zero-order valence-electron chi connectivity index (χ0n) is 14.0. The molecule has 1 aromatic heterocycles. The van der Waals surface area contributed by atoms with Gasteiger partial charge in [0, 0.05) is 24.0 Å². The Morgan fingerprint density at radius 2 is 1.96 bits per heavy atom. The number of carbonyl (C=O) groups is 1. The van der Waals surface area contributed by atoms with Crippen molar-refractivity contribution in [3.63, 3.8) is 0 Å². The number of H-pyrrole nitrogens is 1. The van der Waals surface area contributed by atoms with Crippen molar-refractivity contribution in [2.45, 2.75) is 13.5 Å². The maximum Gasteiger partial charge on any atom is 0.270 e. The molecule has 0 fully saturated rings. The lowest BCUT2D eigenvalue weighted by molar-refractivity contribution is 0.0747. The lowest BCUT2D eigenvalue weighted by Gasteiger charge is -2.20. The van der Waals surface area contributed by atoms with Gasteiger partial charge in [-0.15, -0.1) is 0 Å². The van der Waals surface area contributed by atoms with Crippen LogP contribution in [0, 0.1) is 11.6 Å². The summed E-state index contributed by atoms with van der Waals surface area (Å²) in [5, 5.41) is 0.634. The second-order valence-electron chi connectivity index (χ2n) is 5.70. The normalized spacial score (nSPS) is 10.9. The number of halogens is 2. The van der Waals surface area contributed by atoms with E-state index in [1.165, 1.54) is 31.4 Å². The Bertz CT molecular complexity index is 921. The van der Waals surface area contributed by atoms with E-state index in [0.717, 1.165) is 0 Å². The Balaban J connectivity index is 1.83. The fourth-order valence-corrected chi connectivity index (χ4v) is 2.74. The Morgan fingerprint density at radius 1 is 1.16 bits per heavy atom. The summed E-state index contributed by atoms with van der Waals surface area (Å²) in [5.74, 6) is -0.887. The van der Waals surface area contributed by atoms with Gasteiger partial charge in [-0.05, 0) is 48.9 Å². The van der Waals surface area contributed by atoms with E-state index in [4.69, 9.17) is 4.74 Å². The van der Waals surface area contributed by atoms with Crippen LogP contribution in [0.5, 0.6) is 5.75 Å². The summed E-state index contributed by atoms with van der Waals surface area (Å²) < 4.78 is 32.0. The molecule has 0 bridgehead atoms. The fourth-order valence-electron chi connectivity index (χ4n) is 2.74. The van der Waals surface area contributed by atoms with Crippen molar-refractivity contribution >= 4 is 16.8 Å². The van der Waals surface area contributed by atoms with E-state index in [1.54, 1.807) is 23.1 Å². The number of aromatic amines is 1. The minimum Gasteiger partial charge on any atom is -0.494 e. The van der Waals surface area contributed by atoms with Gasteiger partial charge in [0.25, 0.3) is 5.91 Å². The topological polar surface area (TPSA) is 45.3 Å². The summed E-state index contributed by atoms with van der Waals surface area (Å²) in [6, 6.07) is 10.5. The Labute approximate surface area is 144 Å². The van der Waals surface area contributed by atoms with Gasteiger partial charge < -0.3 is 14.6 Å². The van der Waals surface area contributed by atoms with Gasteiger partial charge in [-0.2, -0.15) is 0 Å². The molecule has 0 spiro atoms. The number of ether oxygens (including phenoxy) is 1. The first-order chi connectivity index (χ1) is 12.0. The van der Waals surface area contributed by atoms with Gasteiger partial charge in [-0.3, -0.25) is 4.79 Å². The molecule has 0 radical (unpaired) electrons. The molecule has 0 aliphatic heterocycles. The van der Waals surface area contributed by atoms with E-state index in [2.05, 4.69) is 4.98 Å². The van der Waals surface area contributed by atoms with Gasteiger partial charge >= 0.3 is 0 Å². The molecule has 4 nitrogen and oxygen atoms in total. The van der Waals surface area contributed by atoms with Crippen molar-refractivity contribution in [2.24, 2.45) is 0 Å². The highest BCUT2D eigenvalue weighted by molar-refractivity contribution is 5.98. The zero-order chi connectivity index (χ0) is 18.0. The SMILES string of the molecule is CCN(Cc1ccc(OC)c(F)c1)C(=O)c1cc2cc(F)ccc2[nH]1. The number of hydrogen-bond donors (Lipinski definition) is 1. The molecule has 25 heavy (non-hydrogen) atoms. The van der Waals surface area contributed by atoms with Crippen LogP contribution in [0.4, 0.5) is 8.78 Å². The number of nitrogens with zero attached hydrogens (tertiary/aromatic N) is 1. The molecule has 0 aliphatic rings. The summed E-state index contributed by atoms with van der Waals surface area (Å²) in [7, 11) is 1.40. The Morgan fingerprint density at radius 3 is 2.64 bits per heavy atom. The molecule has 2 aromatic carbocycles. The number of carbonyl (C=O) groups excluding carboxylic acids is 1. The van der Waals surface area contributed by atoms with Crippen molar-refractivity contribution in [2.75, 3.05) is 13.7 Å². The van der Waals surface area contributed by atoms with Crippen molar-refractivity contribution < 1.29 is 18.3 Å². The van der Waals surface area contributed by atoms with E-state index < -0.39 is 5.82 Å². The molecule has 0 unspecified atom stereocenters. The van der Waals surface area contributed by atoms with Crippen LogP contribution in [-0.2, 0) is 6.54 Å². The van der Waals surface area contributed by atoms with E-state index >= 15 is 0 Å². The molecular weight excluding hydrogens is 326 g/mol. The highest BCUT2D eigenvalue weighted by atomic mass is 19.1. The number of fused-ring (bicyclic) bond motifs is 1. The summed E-state index contributed by atoms with van der Waals surface area (Å²) in [4.78, 5) is 17.3. The Hall–Kier alpha value is -2.89. The number of rotatable bonds is 5. The fraction of sp³-hybridized carbons (Fsp3) is 0.211. The highest BCUT2D eigenvalue weighted by Crippen LogP contribution is 2.21. The maximum atomic E-state index is 13.8. The van der Waals surface area contributed by atoms with Gasteiger partial charge in [-0.1, -0.05) is 6.07 Å². The molecule has 0 saturated carbocycles. The van der Waals surface area contributed by atoms with Crippen LogP contribution < -0.4 is 4.74 Å². The average Bonchev–Trinajstić information content (AvgIpc) is 3.02. The quantitative estimate of drug-likeness (QED) is 0.757. The van der Waals surface area contributed by atoms with E-state index in [1.807, 2.05) is 6.92 Å². The van der Waals surface area contributed by atoms with Gasteiger partial charge in [0.05, 0.1) is 7.11 Å². The monoisotopic (exact) mass is 344 g/mol. The number of nitrogens with one attached hydrogen (secondary N) is 1. The molecule has 1 heterocycles. The lowest BCUT2D eigenvalue weighted by atomic mass is 10.2. The highest BCUT2D eigenvalue weighted by Gasteiger charge is 2.18. The number of amides is 1. The van der Waals surface area contributed by atoms with Crippen LogP contribution in [-0.4, -0.2) is 29.4 Å². The number of hydrogen-bond acceptors (Lipinski definition) is 2. The van der Waals surface area contributed by atoms with Crippen LogP contribution >= 0.6 is 0 Å². The lowest BCUT2D eigenvalue weighted by Crippen LogP contribution is -2.30. The molecule has 1 amide bonds. The molecule has 1 N–H and O–H groups in total. The third-order valence-corrected chi connectivity index (χ3v) is 4.07. The van der Waals surface area contributed by atoms with E-state index in [0.29, 0.717) is 28.7 Å². The molecule has 6 heteroatoms. The molecule has 0 atom stereocenters. The van der Waals surface area contributed by atoms with Gasteiger partial charge in [0.2, 0.25) is 0 Å². The van der Waals surface area contributed by atoms with Crippen molar-refractivity contribution in [1.29, 1.82) is 0 Å². The standard InChI is InChI=1S/C19H18F2N2O2/c1-3-23(11-12-4-7-18(25-2)15(21)8-12)19(24)17-10-13-9-14(20)5-6-16(13)22-17/h4-10,22H,3,11H2,1-2H3. The Kier molecular flexibility index (Phi) is 4.70. The summed E-state index contributed by atoms with van der Waals surface area (Å²) in [5.41, 5.74) is 1.73. The third-order valence-electron chi connectivity index (χ3n) is 4.07. The van der Waals surface area contributed by atoms with Crippen LogP contribution in [0.2, 0.25) is 0 Å². The zero-order valence-corrected chi connectivity index (χ0v) is 14.0. The minimum atomic E-state index is -0.468. The number of methoxy groups -OCH3 is 1. The average molecular weight is 344 g/mol. The first-order valence-corrected chi connectivity index (χ1v) is 7.91. The first-order valence-electron chi connectivity index (χ1n) is 7.91. The summed E-state index contributed by atoms with van der Waals surface area (Å²) in [6.07, 6.45) is 0. The third kappa shape index (κ3) is 3.47. The second-order valence-corrected chi connectivity index (χ2v) is 5.70. The van der Waals surface area contributed by atoms with Crippen LogP contribution in [0.1, 0.15) is 23.0 Å². The van der Waals surface area contributed by atoms with Gasteiger partial charge in [0.15, 0.2) is 11.6 Å². The van der Waals surface area contributed by atoms with Crippen LogP contribution in [0.3, 0.4) is 0 Å². The van der Waals surface area contributed by atoms with Crippen molar-refractivity contribution in [3.8, 4) is 5.75 Å². The van der Waals surface area contributed by atoms with Gasteiger partial charge in [-0.25, -0.2) is 8.78 Å². The number of benzene rings is 2. The van der Waals surface area contributed by atoms with E-state index in [9.17, 15) is 13.6 Å². The van der Waals surface area contributed by atoms with Crippen LogP contribution in [0.25, 0.3) is 10.9 Å². The van der Waals surface area contributed by atoms with Crippen molar-refractivity contribution in [3.05, 3.63) is 65.4 Å². The molecule has 3 aromatic rings. The number of aromatic nitrogens is 1. The minimum absolute atomic E-state index is 0.163. The van der Waals surface area contributed by atoms with E-state index in [-0.39, 0.29) is 24.0 Å². The van der Waals surface area contributed by atoms with Crippen LogP contribution in [0.15, 0.2) is 42.5 Å².